The minimum absolute atomic E-state index is 0.0140. The predicted octanol–water partition coefficient (Wildman–Crippen LogP) is 3.79. The van der Waals surface area contributed by atoms with E-state index in [1.807, 2.05) is 49.4 Å². The minimum atomic E-state index is -0.0140. The average molecular weight is 380 g/mol. The molecule has 0 N–H and O–H groups in total. The minimum Gasteiger partial charge on any atom is -0.334 e. The number of fused-ring (bicyclic) bond motifs is 3. The molecule has 0 radical (unpaired) electrons. The number of tetrazole rings is 1. The number of nitrogens with zero attached hydrogens (tertiary/aromatic N) is 5. The van der Waals surface area contributed by atoms with Crippen molar-refractivity contribution in [1.82, 2.24) is 24.9 Å². The summed E-state index contributed by atoms with van der Waals surface area (Å²) in [5, 5.41) is 13.9. The van der Waals surface area contributed by atoms with Crippen LogP contribution in [0, 0.1) is 6.92 Å². The van der Waals surface area contributed by atoms with Crippen LogP contribution in [0.2, 0.25) is 5.02 Å². The van der Waals surface area contributed by atoms with E-state index in [4.69, 9.17) is 11.6 Å². The topological polar surface area (TPSA) is 63.4 Å². The van der Waals surface area contributed by atoms with Crippen LogP contribution in [-0.4, -0.2) is 30.8 Å². The third-order valence-corrected chi connectivity index (χ3v) is 4.91. The van der Waals surface area contributed by atoms with Gasteiger partial charge in [0.1, 0.15) is 0 Å². The molecule has 27 heavy (non-hydrogen) atoms. The Kier molecular flexibility index (Phi) is 4.49. The maximum atomic E-state index is 12.3. The number of rotatable bonds is 4. The first kappa shape index (κ1) is 17.4. The summed E-state index contributed by atoms with van der Waals surface area (Å²) in [6.07, 6.45) is 0. The van der Waals surface area contributed by atoms with Gasteiger partial charge in [0, 0.05) is 36.0 Å². The Morgan fingerprint density at radius 2 is 1.93 bits per heavy atom. The Hall–Kier alpha value is -2.99. The zero-order valence-corrected chi connectivity index (χ0v) is 15.8. The fourth-order valence-electron chi connectivity index (χ4n) is 3.29. The fraction of sp³-hybridized carbons (Fsp3) is 0.200. The summed E-state index contributed by atoms with van der Waals surface area (Å²) in [5.41, 5.74) is 4.66. The van der Waals surface area contributed by atoms with Crippen molar-refractivity contribution in [2.45, 2.75) is 26.9 Å². The second-order valence-corrected chi connectivity index (χ2v) is 7.03. The lowest BCUT2D eigenvalue weighted by Crippen LogP contribution is -2.28. The Balaban J connectivity index is 1.74. The largest absolute Gasteiger partial charge is 0.334 e. The summed E-state index contributed by atoms with van der Waals surface area (Å²) in [5.74, 6) is -0.0140. The van der Waals surface area contributed by atoms with Crippen molar-refractivity contribution in [3.63, 3.8) is 0 Å². The van der Waals surface area contributed by atoms with Crippen molar-refractivity contribution in [1.29, 1.82) is 0 Å². The van der Waals surface area contributed by atoms with Crippen molar-refractivity contribution in [2.24, 2.45) is 0 Å². The molecule has 136 valence electrons. The number of carbonyl (C=O) groups is 1. The van der Waals surface area contributed by atoms with Gasteiger partial charge in [0.25, 0.3) is 0 Å². The van der Waals surface area contributed by atoms with Crippen molar-refractivity contribution in [3.05, 3.63) is 70.2 Å². The predicted molar refractivity (Wildman–Crippen MR) is 104 cm³/mol. The summed E-state index contributed by atoms with van der Waals surface area (Å²) in [6, 6.07) is 15.6. The molecule has 2 heterocycles. The van der Waals surface area contributed by atoms with Gasteiger partial charge in [-0.2, -0.15) is 4.52 Å². The molecule has 2 aromatic heterocycles. The van der Waals surface area contributed by atoms with Crippen LogP contribution in [0.5, 0.6) is 0 Å². The van der Waals surface area contributed by atoms with Gasteiger partial charge in [-0.1, -0.05) is 41.9 Å². The van der Waals surface area contributed by atoms with E-state index in [0.717, 1.165) is 27.6 Å². The first-order chi connectivity index (χ1) is 13.0. The lowest BCUT2D eigenvalue weighted by atomic mass is 10.1. The van der Waals surface area contributed by atoms with Crippen molar-refractivity contribution < 1.29 is 4.79 Å². The van der Waals surface area contributed by atoms with Crippen LogP contribution < -0.4 is 0 Å². The SMILES string of the molecule is CC(=O)N(Cc1ccc(Cl)cc1)Cc1cc2cccc(C)c2n2nnnc12. The number of pyridine rings is 1. The van der Waals surface area contributed by atoms with Crippen LogP contribution in [0.15, 0.2) is 48.5 Å². The van der Waals surface area contributed by atoms with Crippen LogP contribution in [0.1, 0.15) is 23.6 Å². The zero-order chi connectivity index (χ0) is 19.0. The molecule has 0 fully saturated rings. The van der Waals surface area contributed by atoms with E-state index in [9.17, 15) is 4.79 Å². The molecule has 0 bridgehead atoms. The van der Waals surface area contributed by atoms with Gasteiger partial charge in [0.15, 0.2) is 5.65 Å². The highest BCUT2D eigenvalue weighted by atomic mass is 35.5. The maximum Gasteiger partial charge on any atom is 0.220 e. The monoisotopic (exact) mass is 379 g/mol. The van der Waals surface area contributed by atoms with Gasteiger partial charge in [-0.05, 0) is 46.7 Å². The average Bonchev–Trinajstić information content (AvgIpc) is 3.13. The molecule has 0 atom stereocenters. The quantitative estimate of drug-likeness (QED) is 0.541. The van der Waals surface area contributed by atoms with Crippen LogP contribution >= 0.6 is 11.6 Å². The van der Waals surface area contributed by atoms with E-state index in [1.165, 1.54) is 0 Å². The summed E-state index contributed by atoms with van der Waals surface area (Å²) < 4.78 is 1.75. The second-order valence-electron chi connectivity index (χ2n) is 6.60. The van der Waals surface area contributed by atoms with Crippen molar-refractivity contribution >= 4 is 34.1 Å². The Bertz CT molecular complexity index is 1140. The lowest BCUT2D eigenvalue weighted by molar-refractivity contribution is -0.130. The Labute approximate surface area is 161 Å². The number of hydrogen-bond acceptors (Lipinski definition) is 4. The molecule has 0 unspecified atom stereocenters. The van der Waals surface area contributed by atoms with E-state index < -0.39 is 0 Å². The number of amides is 1. The summed E-state index contributed by atoms with van der Waals surface area (Å²) >= 11 is 5.96. The van der Waals surface area contributed by atoms with Crippen molar-refractivity contribution in [2.75, 3.05) is 0 Å². The molecule has 0 spiro atoms. The van der Waals surface area contributed by atoms with E-state index in [0.29, 0.717) is 23.8 Å². The zero-order valence-electron chi connectivity index (χ0n) is 15.1. The van der Waals surface area contributed by atoms with Gasteiger partial charge < -0.3 is 4.90 Å². The van der Waals surface area contributed by atoms with Gasteiger partial charge in [-0.25, -0.2) is 0 Å². The molecule has 0 aliphatic heterocycles. The first-order valence-electron chi connectivity index (χ1n) is 8.62. The lowest BCUT2D eigenvalue weighted by Gasteiger charge is -2.22. The Morgan fingerprint density at radius 3 is 2.67 bits per heavy atom. The van der Waals surface area contributed by atoms with Gasteiger partial charge in [-0.15, -0.1) is 5.10 Å². The summed E-state index contributed by atoms with van der Waals surface area (Å²) in [7, 11) is 0. The van der Waals surface area contributed by atoms with E-state index >= 15 is 0 Å². The molecule has 4 aromatic rings. The third kappa shape index (κ3) is 3.36. The molecule has 6 nitrogen and oxygen atoms in total. The number of aryl methyl sites for hydroxylation is 1. The van der Waals surface area contributed by atoms with Gasteiger partial charge in [0.2, 0.25) is 5.91 Å². The molecular weight excluding hydrogens is 362 g/mol. The standard InChI is InChI=1S/C20H18ClN5O/c1-13-4-3-5-16-10-17(20-22-23-24-26(20)19(13)16)12-25(14(2)27)11-15-6-8-18(21)9-7-15/h3-10H,11-12H2,1-2H3. The molecule has 0 aliphatic rings. The molecular formula is C20H18ClN5O. The van der Waals surface area contributed by atoms with E-state index in [2.05, 4.69) is 21.6 Å². The summed E-state index contributed by atoms with van der Waals surface area (Å²) in [4.78, 5) is 14.0. The molecule has 4 rings (SSSR count). The number of aromatic nitrogens is 4. The first-order valence-corrected chi connectivity index (χ1v) is 9.00. The summed E-state index contributed by atoms with van der Waals surface area (Å²) in [6.45, 7) is 4.52. The highest BCUT2D eigenvalue weighted by Crippen LogP contribution is 2.23. The van der Waals surface area contributed by atoms with Gasteiger partial charge in [0.05, 0.1) is 5.52 Å². The molecule has 0 saturated carbocycles. The number of carbonyl (C=O) groups excluding carboxylic acids is 1. The van der Waals surface area contributed by atoms with Gasteiger partial charge in [-0.3, -0.25) is 4.79 Å². The van der Waals surface area contributed by atoms with Crippen LogP contribution in [0.3, 0.4) is 0 Å². The maximum absolute atomic E-state index is 12.3. The number of hydrogen-bond donors (Lipinski definition) is 0. The number of halogens is 1. The van der Waals surface area contributed by atoms with Crippen LogP contribution in [0.25, 0.3) is 16.6 Å². The Morgan fingerprint density at radius 1 is 1.15 bits per heavy atom. The van der Waals surface area contributed by atoms with Gasteiger partial charge >= 0.3 is 0 Å². The second kappa shape index (κ2) is 6.96. The van der Waals surface area contributed by atoms with E-state index in [-0.39, 0.29) is 5.91 Å². The molecule has 7 heteroatoms. The molecule has 0 saturated heterocycles. The molecule has 1 amide bonds. The highest BCUT2D eigenvalue weighted by molar-refractivity contribution is 6.30. The fourth-order valence-corrected chi connectivity index (χ4v) is 3.41. The molecule has 2 aromatic carbocycles. The van der Waals surface area contributed by atoms with Crippen LogP contribution in [-0.2, 0) is 17.9 Å². The third-order valence-electron chi connectivity index (χ3n) is 4.66. The number of para-hydroxylation sites is 1. The van der Waals surface area contributed by atoms with Crippen LogP contribution in [0.4, 0.5) is 0 Å². The normalized spacial score (nSPS) is 11.2. The van der Waals surface area contributed by atoms with Crippen molar-refractivity contribution in [3.8, 4) is 0 Å². The molecule has 0 aliphatic carbocycles. The van der Waals surface area contributed by atoms with E-state index in [1.54, 1.807) is 16.3 Å². The number of benzene rings is 2. The smallest absolute Gasteiger partial charge is 0.220 e. The highest BCUT2D eigenvalue weighted by Gasteiger charge is 2.16.